The maximum absolute atomic E-state index is 3.52. The van der Waals surface area contributed by atoms with E-state index in [0.29, 0.717) is 0 Å². The lowest BCUT2D eigenvalue weighted by molar-refractivity contribution is 0.887. The van der Waals surface area contributed by atoms with Crippen molar-refractivity contribution in [2.45, 2.75) is 0 Å². The molecule has 3 aliphatic heterocycles. The highest BCUT2D eigenvalue weighted by Crippen LogP contribution is 2.27. The van der Waals surface area contributed by atoms with Gasteiger partial charge in [-0.25, -0.2) is 0 Å². The normalized spacial score (nSPS) is 21.9. The molecule has 1 radical (unpaired) electrons. The molecule has 0 fully saturated rings. The maximum atomic E-state index is 3.52. The second-order valence-corrected chi connectivity index (χ2v) is 5.61. The molecule has 117 valence electrons. The van der Waals surface area contributed by atoms with Crippen LogP contribution in [0, 0.1) is 6.54 Å². The van der Waals surface area contributed by atoms with Gasteiger partial charge in [-0.3, -0.25) is 0 Å². The summed E-state index contributed by atoms with van der Waals surface area (Å²) in [4.78, 5) is 0. The minimum Gasteiger partial charge on any atom is -0.375 e. The zero-order valence-corrected chi connectivity index (χ0v) is 13.2. The van der Waals surface area contributed by atoms with Crippen molar-refractivity contribution in [2.24, 2.45) is 0 Å². The van der Waals surface area contributed by atoms with Gasteiger partial charge < -0.3 is 16.0 Å². The van der Waals surface area contributed by atoms with Crippen LogP contribution in [0.2, 0.25) is 0 Å². The van der Waals surface area contributed by atoms with E-state index in [0.717, 1.165) is 22.8 Å². The fourth-order valence-corrected chi connectivity index (χ4v) is 2.78. The topological polar surface area (TPSA) is 36.1 Å². The molecule has 0 aromatic heterocycles. The molecule has 3 heterocycles. The zero-order valence-electron chi connectivity index (χ0n) is 13.2. The highest BCUT2D eigenvalue weighted by atomic mass is 15.0. The monoisotopic (exact) mass is 312 g/mol. The SMILES string of the molecule is [CH]1C=CC=C(C2=CC(c3ccccc3)=C/C(=C3\C=CC=CN3)N2)N1. The van der Waals surface area contributed by atoms with Gasteiger partial charge in [-0.15, -0.1) is 0 Å². The summed E-state index contributed by atoms with van der Waals surface area (Å²) in [6.07, 6.45) is 18.4. The smallest absolute Gasteiger partial charge is 0.0686 e. The molecule has 1 aromatic carbocycles. The molecule has 0 atom stereocenters. The molecule has 1 aromatic rings. The third-order valence-corrected chi connectivity index (χ3v) is 3.97. The molecule has 3 nitrogen and oxygen atoms in total. The standard InChI is InChI=1S/C21H18N3/c1-2-8-16(9-3-1)17-14-20(18-10-4-6-12-22-18)24-21(15-17)19-11-5-7-13-23-19/h1-15,22-24H/b20-18-. The van der Waals surface area contributed by atoms with Gasteiger partial charge in [-0.05, 0) is 41.5 Å². The van der Waals surface area contributed by atoms with Gasteiger partial charge in [0.2, 0.25) is 0 Å². The van der Waals surface area contributed by atoms with Crippen LogP contribution >= 0.6 is 0 Å². The fourth-order valence-electron chi connectivity index (χ4n) is 2.78. The second-order valence-electron chi connectivity index (χ2n) is 5.61. The van der Waals surface area contributed by atoms with Crippen molar-refractivity contribution in [3.8, 4) is 0 Å². The van der Waals surface area contributed by atoms with E-state index in [1.54, 1.807) is 0 Å². The minimum atomic E-state index is 1.05. The Hall–Kier alpha value is -3.20. The summed E-state index contributed by atoms with van der Waals surface area (Å²) in [5.74, 6) is 0. The first-order valence-corrected chi connectivity index (χ1v) is 7.97. The highest BCUT2D eigenvalue weighted by molar-refractivity contribution is 5.79. The van der Waals surface area contributed by atoms with Gasteiger partial charge in [0, 0.05) is 6.20 Å². The van der Waals surface area contributed by atoms with Crippen LogP contribution in [-0.2, 0) is 0 Å². The summed E-state index contributed by atoms with van der Waals surface area (Å²) in [5, 5.41) is 10.1. The predicted molar refractivity (Wildman–Crippen MR) is 98.7 cm³/mol. The molecule has 0 saturated heterocycles. The molecular weight excluding hydrogens is 294 g/mol. The van der Waals surface area contributed by atoms with E-state index in [1.165, 1.54) is 11.1 Å². The maximum Gasteiger partial charge on any atom is 0.0686 e. The number of hydrogen-bond donors (Lipinski definition) is 3. The summed E-state index contributed by atoms with van der Waals surface area (Å²) in [6.45, 7) is 1.94. The number of hydrogen-bond acceptors (Lipinski definition) is 3. The summed E-state index contributed by atoms with van der Waals surface area (Å²) >= 11 is 0. The van der Waals surface area contributed by atoms with Crippen LogP contribution in [-0.4, -0.2) is 0 Å². The predicted octanol–water partition coefficient (Wildman–Crippen LogP) is 3.65. The molecular formula is C21H18N3. The Morgan fingerprint density at radius 2 is 1.62 bits per heavy atom. The number of rotatable bonds is 2. The van der Waals surface area contributed by atoms with E-state index < -0.39 is 0 Å². The van der Waals surface area contributed by atoms with Crippen LogP contribution < -0.4 is 16.0 Å². The average molecular weight is 312 g/mol. The fraction of sp³-hybridized carbons (Fsp3) is 0. The van der Waals surface area contributed by atoms with E-state index >= 15 is 0 Å². The molecule has 0 unspecified atom stereocenters. The molecule has 0 aliphatic carbocycles. The van der Waals surface area contributed by atoms with E-state index in [-0.39, 0.29) is 0 Å². The first-order chi connectivity index (χ1) is 11.9. The third kappa shape index (κ3) is 2.97. The molecule has 4 rings (SSSR count). The van der Waals surface area contributed by atoms with Gasteiger partial charge >= 0.3 is 0 Å². The molecule has 3 heteroatoms. The van der Waals surface area contributed by atoms with E-state index in [9.17, 15) is 0 Å². The van der Waals surface area contributed by atoms with Gasteiger partial charge in [0.25, 0.3) is 0 Å². The number of allylic oxidation sites excluding steroid dienone is 8. The number of benzene rings is 1. The van der Waals surface area contributed by atoms with Crippen molar-refractivity contribution in [1.29, 1.82) is 0 Å². The highest BCUT2D eigenvalue weighted by Gasteiger charge is 2.16. The quantitative estimate of drug-likeness (QED) is 0.780. The number of nitrogens with one attached hydrogen (secondary N) is 3. The van der Waals surface area contributed by atoms with E-state index in [4.69, 9.17) is 0 Å². The lowest BCUT2D eigenvalue weighted by Crippen LogP contribution is -2.26. The summed E-state index contributed by atoms with van der Waals surface area (Å²) in [7, 11) is 0. The second kappa shape index (κ2) is 6.50. The van der Waals surface area contributed by atoms with Gasteiger partial charge in [0.05, 0.1) is 29.3 Å². The minimum absolute atomic E-state index is 1.05. The van der Waals surface area contributed by atoms with Gasteiger partial charge in [-0.1, -0.05) is 48.6 Å². The molecule has 0 bridgehead atoms. The Bertz CT molecular complexity index is 846. The van der Waals surface area contributed by atoms with Gasteiger partial charge in [0.15, 0.2) is 0 Å². The van der Waals surface area contributed by atoms with Crippen LogP contribution in [0.15, 0.2) is 108 Å². The largest absolute Gasteiger partial charge is 0.375 e. The Morgan fingerprint density at radius 3 is 2.38 bits per heavy atom. The Labute approximate surface area is 142 Å². The molecule has 0 saturated carbocycles. The van der Waals surface area contributed by atoms with E-state index in [2.05, 4.69) is 64.5 Å². The molecule has 24 heavy (non-hydrogen) atoms. The Morgan fingerprint density at radius 1 is 0.708 bits per heavy atom. The zero-order chi connectivity index (χ0) is 16.2. The summed E-state index contributed by atoms with van der Waals surface area (Å²) in [6, 6.07) is 10.4. The first-order valence-electron chi connectivity index (χ1n) is 7.97. The van der Waals surface area contributed by atoms with Crippen molar-refractivity contribution < 1.29 is 0 Å². The number of dihydropyridines is 3. The van der Waals surface area contributed by atoms with Crippen molar-refractivity contribution in [3.63, 3.8) is 0 Å². The molecule has 3 N–H and O–H groups in total. The van der Waals surface area contributed by atoms with Gasteiger partial charge in [-0.2, -0.15) is 0 Å². The van der Waals surface area contributed by atoms with Crippen molar-refractivity contribution in [1.82, 2.24) is 16.0 Å². The molecule has 3 aliphatic rings. The summed E-state index contributed by atoms with van der Waals surface area (Å²) in [5.41, 5.74) is 6.56. The third-order valence-electron chi connectivity index (χ3n) is 3.97. The molecule has 0 spiro atoms. The van der Waals surface area contributed by atoms with Crippen LogP contribution in [0.25, 0.3) is 5.57 Å². The van der Waals surface area contributed by atoms with E-state index in [1.807, 2.05) is 43.1 Å². The summed E-state index contributed by atoms with van der Waals surface area (Å²) < 4.78 is 0. The van der Waals surface area contributed by atoms with Crippen LogP contribution in [0.5, 0.6) is 0 Å². The van der Waals surface area contributed by atoms with Crippen molar-refractivity contribution in [2.75, 3.05) is 0 Å². The Kier molecular flexibility index (Phi) is 3.90. The average Bonchev–Trinajstić information content (AvgIpc) is 2.70. The Balaban J connectivity index is 1.78. The lowest BCUT2D eigenvalue weighted by atomic mass is 9.98. The lowest BCUT2D eigenvalue weighted by Gasteiger charge is -2.24. The van der Waals surface area contributed by atoms with Crippen LogP contribution in [0.4, 0.5) is 0 Å². The van der Waals surface area contributed by atoms with Crippen LogP contribution in [0.1, 0.15) is 5.56 Å². The van der Waals surface area contributed by atoms with Gasteiger partial charge in [0.1, 0.15) is 0 Å². The van der Waals surface area contributed by atoms with Crippen molar-refractivity contribution >= 4 is 5.57 Å². The molecule has 0 amide bonds. The first kappa shape index (κ1) is 14.4. The van der Waals surface area contributed by atoms with Crippen molar-refractivity contribution in [3.05, 3.63) is 120 Å². The van der Waals surface area contributed by atoms with Crippen LogP contribution in [0.3, 0.4) is 0 Å².